The smallest absolute Gasteiger partial charge is 0.321 e. The number of pyridine rings is 2. The Kier molecular flexibility index (Phi) is 4.37. The third-order valence-electron chi connectivity index (χ3n) is 4.25. The van der Waals surface area contributed by atoms with E-state index >= 15 is 0 Å². The molecule has 27 heavy (non-hydrogen) atoms. The summed E-state index contributed by atoms with van der Waals surface area (Å²) in [4.78, 5) is 20.5. The highest BCUT2D eigenvalue weighted by atomic mass is 32.2. The van der Waals surface area contributed by atoms with Crippen LogP contribution in [0.1, 0.15) is 12.6 Å². The van der Waals surface area contributed by atoms with Gasteiger partial charge in [0.15, 0.2) is 15.7 Å². The molecule has 7 nitrogen and oxygen atoms in total. The van der Waals surface area contributed by atoms with Gasteiger partial charge in [-0.1, -0.05) is 6.92 Å². The van der Waals surface area contributed by atoms with Crippen LogP contribution in [-0.2, 0) is 30.1 Å². The van der Waals surface area contributed by atoms with Crippen molar-refractivity contribution in [2.45, 2.75) is 18.0 Å². The van der Waals surface area contributed by atoms with Crippen LogP contribution in [0, 0.1) is 0 Å². The Balaban J connectivity index is 2.39. The Morgan fingerprint density at radius 3 is 2.44 bits per heavy atom. The zero-order valence-electron chi connectivity index (χ0n) is 14.6. The molecule has 3 aromatic rings. The molecule has 0 N–H and O–H groups in total. The number of hydrogen-bond acceptors (Lipinski definition) is 5. The van der Waals surface area contributed by atoms with Gasteiger partial charge in [-0.05, 0) is 18.2 Å². The molecule has 0 atom stereocenters. The van der Waals surface area contributed by atoms with Gasteiger partial charge in [-0.2, -0.15) is 13.2 Å². The fourth-order valence-corrected chi connectivity index (χ4v) is 3.85. The van der Waals surface area contributed by atoms with E-state index in [2.05, 4.69) is 9.97 Å². The Morgan fingerprint density at radius 1 is 1.19 bits per heavy atom. The minimum Gasteiger partial charge on any atom is -0.321 e. The van der Waals surface area contributed by atoms with Crippen molar-refractivity contribution in [3.8, 4) is 11.5 Å². The highest BCUT2D eigenvalue weighted by Crippen LogP contribution is 2.31. The Morgan fingerprint density at radius 2 is 1.85 bits per heavy atom. The Hall–Kier alpha value is -2.69. The summed E-state index contributed by atoms with van der Waals surface area (Å²) in [6.45, 7) is 1.46. The summed E-state index contributed by atoms with van der Waals surface area (Å²) in [6.07, 6.45) is -3.38. The van der Waals surface area contributed by atoms with Gasteiger partial charge in [0.2, 0.25) is 0 Å². The molecule has 0 amide bonds. The zero-order valence-corrected chi connectivity index (χ0v) is 15.4. The highest BCUT2D eigenvalue weighted by Gasteiger charge is 2.35. The lowest BCUT2D eigenvalue weighted by atomic mass is 10.3. The van der Waals surface area contributed by atoms with E-state index < -0.39 is 27.3 Å². The number of halogens is 3. The van der Waals surface area contributed by atoms with Crippen LogP contribution in [-0.4, -0.2) is 33.3 Å². The summed E-state index contributed by atoms with van der Waals surface area (Å²) >= 11 is 0. The van der Waals surface area contributed by atoms with Crippen LogP contribution in [0.5, 0.6) is 0 Å². The number of rotatable bonds is 3. The molecule has 0 aliphatic carbocycles. The minimum atomic E-state index is -4.73. The predicted molar refractivity (Wildman–Crippen MR) is 91.9 cm³/mol. The van der Waals surface area contributed by atoms with Gasteiger partial charge in [-0.25, -0.2) is 13.4 Å². The first-order valence-electron chi connectivity index (χ1n) is 7.80. The van der Waals surface area contributed by atoms with E-state index in [4.69, 9.17) is 0 Å². The normalized spacial score (nSPS) is 12.7. The lowest BCUT2D eigenvalue weighted by Gasteiger charge is -2.11. The van der Waals surface area contributed by atoms with Crippen LogP contribution in [0.2, 0.25) is 0 Å². The van der Waals surface area contributed by atoms with E-state index in [0.29, 0.717) is 4.57 Å². The summed E-state index contributed by atoms with van der Waals surface area (Å²) in [6, 6.07) is 3.55. The number of nitrogens with zero attached hydrogens (tertiary/aromatic N) is 4. The molecule has 0 radical (unpaired) electrons. The van der Waals surface area contributed by atoms with Gasteiger partial charge in [0, 0.05) is 20.3 Å². The molecule has 0 aliphatic rings. The first-order valence-corrected chi connectivity index (χ1v) is 9.46. The lowest BCUT2D eigenvalue weighted by Crippen LogP contribution is -2.26. The zero-order chi connectivity index (χ0) is 20.1. The van der Waals surface area contributed by atoms with E-state index in [1.807, 2.05) is 0 Å². The summed E-state index contributed by atoms with van der Waals surface area (Å²) in [7, 11) is -1.21. The van der Waals surface area contributed by atoms with Crippen LogP contribution >= 0.6 is 0 Å². The fourth-order valence-electron chi connectivity index (χ4n) is 2.82. The second-order valence-corrected chi connectivity index (χ2v) is 8.12. The molecule has 0 aliphatic heterocycles. The van der Waals surface area contributed by atoms with Crippen LogP contribution in [0.4, 0.5) is 13.2 Å². The quantitative estimate of drug-likeness (QED) is 0.672. The van der Waals surface area contributed by atoms with Crippen LogP contribution < -0.4 is 5.56 Å². The first-order chi connectivity index (χ1) is 12.5. The first kappa shape index (κ1) is 19.1. The molecule has 0 unspecified atom stereocenters. The molecule has 0 fully saturated rings. The van der Waals surface area contributed by atoms with E-state index in [1.54, 1.807) is 0 Å². The number of imidazole rings is 1. The average molecular weight is 400 g/mol. The maximum absolute atomic E-state index is 13.2. The largest absolute Gasteiger partial charge is 0.431 e. The van der Waals surface area contributed by atoms with Crippen molar-refractivity contribution in [2.75, 3.05) is 5.75 Å². The molecule has 0 aromatic carbocycles. The molecular weight excluding hydrogens is 385 g/mol. The van der Waals surface area contributed by atoms with Gasteiger partial charge >= 0.3 is 6.18 Å². The highest BCUT2D eigenvalue weighted by molar-refractivity contribution is 7.91. The number of fused-ring (bicyclic) bond motifs is 1. The van der Waals surface area contributed by atoms with Gasteiger partial charge in [0.1, 0.15) is 16.9 Å². The van der Waals surface area contributed by atoms with Gasteiger partial charge in [0.25, 0.3) is 5.56 Å². The van der Waals surface area contributed by atoms with Gasteiger partial charge < -0.3 is 9.13 Å². The van der Waals surface area contributed by atoms with E-state index in [-0.39, 0.29) is 33.2 Å². The van der Waals surface area contributed by atoms with Gasteiger partial charge in [-0.3, -0.25) is 9.78 Å². The number of sulfone groups is 1. The van der Waals surface area contributed by atoms with E-state index in [0.717, 1.165) is 13.1 Å². The van der Waals surface area contributed by atoms with Crippen LogP contribution in [0.3, 0.4) is 0 Å². The van der Waals surface area contributed by atoms with E-state index in [1.165, 1.54) is 36.9 Å². The van der Waals surface area contributed by atoms with E-state index in [9.17, 15) is 26.4 Å². The van der Waals surface area contributed by atoms with Crippen molar-refractivity contribution in [1.82, 2.24) is 19.1 Å². The van der Waals surface area contributed by atoms with Gasteiger partial charge in [0.05, 0.1) is 16.2 Å². The van der Waals surface area contributed by atoms with Crippen molar-refractivity contribution in [3.05, 3.63) is 40.4 Å². The average Bonchev–Trinajstić information content (AvgIpc) is 2.94. The maximum atomic E-state index is 13.2. The third-order valence-corrected chi connectivity index (χ3v) is 6.01. The van der Waals surface area contributed by atoms with Crippen molar-refractivity contribution < 1.29 is 21.6 Å². The summed E-state index contributed by atoms with van der Waals surface area (Å²) in [5.41, 5.74) is -2.32. The molecule has 144 valence electrons. The molecule has 3 aromatic heterocycles. The molecule has 0 saturated heterocycles. The molecule has 0 spiro atoms. The molecule has 11 heteroatoms. The third kappa shape index (κ3) is 3.01. The molecule has 0 bridgehead atoms. The second-order valence-electron chi connectivity index (χ2n) is 5.87. The van der Waals surface area contributed by atoms with Crippen LogP contribution in [0.25, 0.3) is 22.6 Å². The number of hydrogen-bond donors (Lipinski definition) is 0. The Bertz CT molecular complexity index is 1210. The van der Waals surface area contributed by atoms with Crippen molar-refractivity contribution in [1.29, 1.82) is 0 Å². The number of aromatic nitrogens is 4. The van der Waals surface area contributed by atoms with Gasteiger partial charge in [-0.15, -0.1) is 0 Å². The second kappa shape index (κ2) is 6.19. The SMILES string of the molecule is CCS(=O)(=O)c1cccnc1-c1nc2cc(C(F)(F)F)n(C)c(=O)c2n1C. The molecular formula is C16H15F3N4O3S. The van der Waals surface area contributed by atoms with Crippen molar-refractivity contribution in [3.63, 3.8) is 0 Å². The minimum absolute atomic E-state index is 0.00551. The topological polar surface area (TPSA) is 86.8 Å². The molecule has 3 rings (SSSR count). The molecule has 0 saturated carbocycles. The Labute approximate surface area is 152 Å². The molecule has 3 heterocycles. The standard InChI is InChI=1S/C16H15F3N4O3S/c1-4-27(25,26)10-6-5-7-20-12(10)14-21-9-8-11(16(17,18)19)22(2)15(24)13(9)23(14)3/h5-8H,4H2,1-3H3. The van der Waals surface area contributed by atoms with Crippen LogP contribution in [0.15, 0.2) is 34.1 Å². The summed E-state index contributed by atoms with van der Waals surface area (Å²) < 4.78 is 65.9. The maximum Gasteiger partial charge on any atom is 0.431 e. The monoisotopic (exact) mass is 400 g/mol. The lowest BCUT2D eigenvalue weighted by molar-refractivity contribution is -0.143. The predicted octanol–water partition coefficient (Wildman–Crippen LogP) is 2.15. The summed E-state index contributed by atoms with van der Waals surface area (Å²) in [5.74, 6) is -0.190. The summed E-state index contributed by atoms with van der Waals surface area (Å²) in [5, 5.41) is 0. The number of aryl methyl sites for hydroxylation is 1. The fraction of sp³-hybridized carbons (Fsp3) is 0.312. The number of alkyl halides is 3. The van der Waals surface area contributed by atoms with Crippen molar-refractivity contribution in [2.24, 2.45) is 14.1 Å². The van der Waals surface area contributed by atoms with Crippen molar-refractivity contribution >= 4 is 20.9 Å².